The quantitative estimate of drug-likeness (QED) is 0.778. The lowest BCUT2D eigenvalue weighted by Crippen LogP contribution is -2.26. The van der Waals surface area contributed by atoms with E-state index >= 15 is 0 Å². The monoisotopic (exact) mass is 322 g/mol. The fourth-order valence-electron chi connectivity index (χ4n) is 2.66. The number of rotatable bonds is 3. The molecule has 8 heteroatoms. The number of amides is 1. The number of carbonyl (C=O) groups excluding carboxylic acids is 1. The summed E-state index contributed by atoms with van der Waals surface area (Å²) in [5.74, 6) is 1.58. The topological polar surface area (TPSA) is 111 Å². The minimum absolute atomic E-state index is 0.0614. The summed E-state index contributed by atoms with van der Waals surface area (Å²) in [5, 5.41) is 3.73. The number of hydrogen-bond donors (Lipinski definition) is 1. The van der Waals surface area contributed by atoms with Crippen LogP contribution in [0.3, 0.4) is 0 Å². The molecular formula is C16H14N6O2. The smallest absolute Gasteiger partial charge is 0.295 e. The molecule has 4 rings (SSSR count). The summed E-state index contributed by atoms with van der Waals surface area (Å²) in [6, 6.07) is 9.70. The molecule has 8 nitrogen and oxygen atoms in total. The van der Waals surface area contributed by atoms with Crippen LogP contribution in [0.1, 0.15) is 17.0 Å². The molecule has 0 saturated heterocycles. The van der Waals surface area contributed by atoms with Gasteiger partial charge in [-0.05, 0) is 12.5 Å². The average molecular weight is 322 g/mol. The summed E-state index contributed by atoms with van der Waals surface area (Å²) in [6.07, 6.45) is 0.192. The molecule has 0 unspecified atom stereocenters. The molecule has 0 radical (unpaired) electrons. The standard InChI is InChI=1S/C16H14N6O2/c1-9-18-16(24-21-9)14-19-13(17)11-7-12(23)22(15(11)20-14)8-10-5-3-2-4-6-10/h2-6H,7-8H2,1H3,(H2,17,19,20). The van der Waals surface area contributed by atoms with E-state index in [1.165, 1.54) is 0 Å². The number of anilines is 2. The largest absolute Gasteiger partial charge is 0.383 e. The molecule has 2 N–H and O–H groups in total. The summed E-state index contributed by atoms with van der Waals surface area (Å²) < 4.78 is 5.10. The highest BCUT2D eigenvalue weighted by atomic mass is 16.5. The summed E-state index contributed by atoms with van der Waals surface area (Å²) in [4.78, 5) is 26.8. The molecule has 24 heavy (non-hydrogen) atoms. The van der Waals surface area contributed by atoms with E-state index in [9.17, 15) is 4.79 Å². The molecular weight excluding hydrogens is 308 g/mol. The number of aromatic nitrogens is 4. The Morgan fingerprint density at radius 2 is 2.00 bits per heavy atom. The van der Waals surface area contributed by atoms with Crippen molar-refractivity contribution in [1.82, 2.24) is 20.1 Å². The van der Waals surface area contributed by atoms with Crippen LogP contribution in [0.2, 0.25) is 0 Å². The van der Waals surface area contributed by atoms with E-state index in [4.69, 9.17) is 10.3 Å². The summed E-state index contributed by atoms with van der Waals surface area (Å²) >= 11 is 0. The maximum absolute atomic E-state index is 12.4. The van der Waals surface area contributed by atoms with Gasteiger partial charge in [-0.25, -0.2) is 9.97 Å². The zero-order valence-electron chi connectivity index (χ0n) is 12.9. The Bertz CT molecular complexity index is 922. The van der Waals surface area contributed by atoms with Gasteiger partial charge in [0.2, 0.25) is 11.7 Å². The highest BCUT2D eigenvalue weighted by Crippen LogP contribution is 2.33. The van der Waals surface area contributed by atoms with Crippen LogP contribution in [-0.2, 0) is 17.8 Å². The van der Waals surface area contributed by atoms with Gasteiger partial charge in [-0.3, -0.25) is 9.69 Å². The third-order valence-corrected chi connectivity index (χ3v) is 3.80. The molecule has 3 heterocycles. The zero-order valence-corrected chi connectivity index (χ0v) is 12.9. The molecule has 0 fully saturated rings. The Morgan fingerprint density at radius 3 is 2.71 bits per heavy atom. The number of nitrogens with zero attached hydrogens (tertiary/aromatic N) is 5. The normalized spacial score (nSPS) is 13.4. The highest BCUT2D eigenvalue weighted by Gasteiger charge is 2.32. The number of nitrogen functional groups attached to an aromatic ring is 1. The van der Waals surface area contributed by atoms with E-state index < -0.39 is 0 Å². The third kappa shape index (κ3) is 2.37. The van der Waals surface area contributed by atoms with E-state index in [1.807, 2.05) is 30.3 Å². The molecule has 1 aromatic carbocycles. The van der Waals surface area contributed by atoms with Crippen molar-refractivity contribution in [2.45, 2.75) is 19.9 Å². The third-order valence-electron chi connectivity index (χ3n) is 3.80. The van der Waals surface area contributed by atoms with Crippen LogP contribution >= 0.6 is 0 Å². The van der Waals surface area contributed by atoms with Gasteiger partial charge in [0.15, 0.2) is 5.82 Å². The lowest BCUT2D eigenvalue weighted by atomic mass is 10.2. The minimum atomic E-state index is -0.0614. The van der Waals surface area contributed by atoms with Crippen LogP contribution in [0.25, 0.3) is 11.7 Å². The fraction of sp³-hybridized carbons (Fsp3) is 0.188. The second kappa shape index (κ2) is 5.41. The molecule has 1 aliphatic heterocycles. The molecule has 2 aromatic heterocycles. The van der Waals surface area contributed by atoms with E-state index in [-0.39, 0.29) is 29.9 Å². The molecule has 0 atom stereocenters. The Labute approximate surface area is 137 Å². The Hall–Kier alpha value is -3.29. The average Bonchev–Trinajstić information content (AvgIpc) is 3.14. The van der Waals surface area contributed by atoms with Crippen LogP contribution < -0.4 is 10.6 Å². The lowest BCUT2D eigenvalue weighted by Gasteiger charge is -2.16. The number of benzene rings is 1. The van der Waals surface area contributed by atoms with Crippen LogP contribution in [0, 0.1) is 6.92 Å². The van der Waals surface area contributed by atoms with Crippen LogP contribution in [-0.4, -0.2) is 26.0 Å². The van der Waals surface area contributed by atoms with Gasteiger partial charge in [0, 0.05) is 5.56 Å². The van der Waals surface area contributed by atoms with Crippen LogP contribution in [0.15, 0.2) is 34.9 Å². The maximum Gasteiger partial charge on any atom is 0.295 e. The zero-order chi connectivity index (χ0) is 16.7. The van der Waals surface area contributed by atoms with E-state index in [1.54, 1.807) is 11.8 Å². The number of fused-ring (bicyclic) bond motifs is 1. The lowest BCUT2D eigenvalue weighted by molar-refractivity contribution is -0.117. The van der Waals surface area contributed by atoms with E-state index in [0.29, 0.717) is 23.8 Å². The molecule has 1 aliphatic rings. The van der Waals surface area contributed by atoms with Gasteiger partial charge < -0.3 is 10.3 Å². The Balaban J connectivity index is 1.76. The van der Waals surface area contributed by atoms with Gasteiger partial charge in [0.1, 0.15) is 11.6 Å². The molecule has 0 saturated carbocycles. The summed E-state index contributed by atoms with van der Waals surface area (Å²) in [5.41, 5.74) is 7.66. The predicted octanol–water partition coefficient (Wildman–Crippen LogP) is 1.51. The van der Waals surface area contributed by atoms with Crippen molar-refractivity contribution in [3.8, 4) is 11.7 Å². The van der Waals surface area contributed by atoms with E-state index in [0.717, 1.165) is 5.56 Å². The molecule has 3 aromatic rings. The summed E-state index contributed by atoms with van der Waals surface area (Å²) in [7, 11) is 0. The number of aryl methyl sites for hydroxylation is 1. The first-order chi connectivity index (χ1) is 11.6. The molecule has 0 aliphatic carbocycles. The maximum atomic E-state index is 12.4. The van der Waals surface area contributed by atoms with Crippen molar-refractivity contribution >= 4 is 17.5 Å². The van der Waals surface area contributed by atoms with Crippen molar-refractivity contribution in [2.75, 3.05) is 10.6 Å². The van der Waals surface area contributed by atoms with Crippen molar-refractivity contribution in [2.24, 2.45) is 0 Å². The van der Waals surface area contributed by atoms with Crippen molar-refractivity contribution in [3.05, 3.63) is 47.3 Å². The molecule has 0 spiro atoms. The number of carbonyl (C=O) groups is 1. The SMILES string of the molecule is Cc1noc(-c2nc(N)c3c(n2)N(Cc2ccccc2)C(=O)C3)n1. The minimum Gasteiger partial charge on any atom is -0.383 e. The van der Waals surface area contributed by atoms with Gasteiger partial charge >= 0.3 is 0 Å². The van der Waals surface area contributed by atoms with Crippen LogP contribution in [0.4, 0.5) is 11.6 Å². The number of nitrogens with two attached hydrogens (primary N) is 1. The van der Waals surface area contributed by atoms with Gasteiger partial charge in [-0.2, -0.15) is 4.98 Å². The Kier molecular flexibility index (Phi) is 3.23. The molecule has 0 bridgehead atoms. The van der Waals surface area contributed by atoms with Crippen LogP contribution in [0.5, 0.6) is 0 Å². The molecule has 120 valence electrons. The van der Waals surface area contributed by atoms with Crippen molar-refractivity contribution in [3.63, 3.8) is 0 Å². The number of hydrogen-bond acceptors (Lipinski definition) is 7. The summed E-state index contributed by atoms with van der Waals surface area (Å²) in [6.45, 7) is 2.13. The van der Waals surface area contributed by atoms with Crippen molar-refractivity contribution < 1.29 is 9.32 Å². The van der Waals surface area contributed by atoms with Gasteiger partial charge in [0.05, 0.1) is 13.0 Å². The van der Waals surface area contributed by atoms with Gasteiger partial charge in [0.25, 0.3) is 5.89 Å². The van der Waals surface area contributed by atoms with Gasteiger partial charge in [-0.1, -0.05) is 35.5 Å². The first kappa shape index (κ1) is 14.3. The second-order valence-corrected chi connectivity index (χ2v) is 5.52. The predicted molar refractivity (Wildman–Crippen MR) is 85.8 cm³/mol. The molecule has 1 amide bonds. The first-order valence-corrected chi connectivity index (χ1v) is 7.43. The first-order valence-electron chi connectivity index (χ1n) is 7.43. The van der Waals surface area contributed by atoms with Crippen molar-refractivity contribution in [1.29, 1.82) is 0 Å². The van der Waals surface area contributed by atoms with Gasteiger partial charge in [-0.15, -0.1) is 0 Å². The highest BCUT2D eigenvalue weighted by molar-refractivity contribution is 6.01. The fourth-order valence-corrected chi connectivity index (χ4v) is 2.66. The van der Waals surface area contributed by atoms with E-state index in [2.05, 4.69) is 20.1 Å². The second-order valence-electron chi connectivity index (χ2n) is 5.52. The Morgan fingerprint density at radius 1 is 1.21 bits per heavy atom.